The first-order valence-electron chi connectivity index (χ1n) is 5.30. The summed E-state index contributed by atoms with van der Waals surface area (Å²) in [6.07, 6.45) is 0. The van der Waals surface area contributed by atoms with Crippen LogP contribution >= 0.6 is 12.4 Å². The van der Waals surface area contributed by atoms with E-state index in [0.717, 1.165) is 17.9 Å². The van der Waals surface area contributed by atoms with Crippen LogP contribution in [-0.2, 0) is 4.79 Å². The smallest absolute Gasteiger partial charge is 0.308 e. The van der Waals surface area contributed by atoms with E-state index in [1.54, 1.807) is 7.11 Å². The van der Waals surface area contributed by atoms with Crippen molar-refractivity contribution < 1.29 is 14.6 Å². The Morgan fingerprint density at radius 3 is 2.53 bits per heavy atom. The third kappa shape index (κ3) is 2.90. The van der Waals surface area contributed by atoms with E-state index in [1.807, 2.05) is 24.3 Å². The van der Waals surface area contributed by atoms with Crippen molar-refractivity contribution in [2.75, 3.05) is 20.2 Å². The maximum atomic E-state index is 11.0. The summed E-state index contributed by atoms with van der Waals surface area (Å²) in [6.45, 7) is 1.27. The van der Waals surface area contributed by atoms with Gasteiger partial charge >= 0.3 is 5.97 Å². The number of carboxylic acids is 1. The van der Waals surface area contributed by atoms with Crippen molar-refractivity contribution in [2.24, 2.45) is 5.92 Å². The Morgan fingerprint density at radius 2 is 2.00 bits per heavy atom. The summed E-state index contributed by atoms with van der Waals surface area (Å²) in [4.78, 5) is 11.0. The number of carboxylic acid groups (broad SMARTS) is 1. The monoisotopic (exact) mass is 257 g/mol. The minimum atomic E-state index is -0.731. The van der Waals surface area contributed by atoms with Gasteiger partial charge in [0, 0.05) is 19.0 Å². The predicted molar refractivity (Wildman–Crippen MR) is 67.0 cm³/mol. The number of hydrogen-bond donors (Lipinski definition) is 2. The lowest BCUT2D eigenvalue weighted by molar-refractivity contribution is -0.141. The Kier molecular flexibility index (Phi) is 4.78. The molecule has 0 aromatic heterocycles. The highest BCUT2D eigenvalue weighted by Crippen LogP contribution is 2.29. The van der Waals surface area contributed by atoms with Gasteiger partial charge in [0.15, 0.2) is 0 Å². The van der Waals surface area contributed by atoms with E-state index in [9.17, 15) is 4.79 Å². The quantitative estimate of drug-likeness (QED) is 0.862. The third-order valence-corrected chi connectivity index (χ3v) is 3.08. The van der Waals surface area contributed by atoms with Crippen molar-refractivity contribution in [3.63, 3.8) is 0 Å². The molecular weight excluding hydrogens is 242 g/mol. The number of hydrogen-bond acceptors (Lipinski definition) is 3. The molecule has 4 nitrogen and oxygen atoms in total. The molecule has 5 heteroatoms. The molecule has 1 aromatic rings. The lowest BCUT2D eigenvalue weighted by Crippen LogP contribution is -2.20. The predicted octanol–water partition coefficient (Wildman–Crippen LogP) is 1.50. The fraction of sp³-hybridized carbons (Fsp3) is 0.417. The van der Waals surface area contributed by atoms with Gasteiger partial charge in [-0.05, 0) is 17.7 Å². The number of ether oxygens (including phenoxy) is 1. The van der Waals surface area contributed by atoms with Crippen molar-refractivity contribution in [1.82, 2.24) is 5.32 Å². The highest BCUT2D eigenvalue weighted by molar-refractivity contribution is 5.85. The zero-order valence-corrected chi connectivity index (χ0v) is 10.4. The molecule has 0 radical (unpaired) electrons. The van der Waals surface area contributed by atoms with Gasteiger partial charge in [-0.25, -0.2) is 0 Å². The first-order chi connectivity index (χ1) is 7.72. The zero-order valence-electron chi connectivity index (χ0n) is 9.55. The van der Waals surface area contributed by atoms with Crippen LogP contribution in [0, 0.1) is 5.92 Å². The van der Waals surface area contributed by atoms with E-state index >= 15 is 0 Å². The lowest BCUT2D eigenvalue weighted by Gasteiger charge is -2.15. The molecule has 1 aliphatic heterocycles. The standard InChI is InChI=1S/C12H15NO3.ClH/c1-16-9-4-2-8(3-5-9)10-6-13-7-11(10)12(14)15;/h2-5,10-11,13H,6-7H2,1H3,(H,14,15);1H/t10-,11+;/m1./s1. The van der Waals surface area contributed by atoms with Gasteiger partial charge in [0.25, 0.3) is 0 Å². The topological polar surface area (TPSA) is 58.6 Å². The molecular formula is C12H16ClNO3. The second kappa shape index (κ2) is 5.89. The molecule has 1 aromatic carbocycles. The Bertz CT molecular complexity index is 380. The summed E-state index contributed by atoms with van der Waals surface area (Å²) in [6, 6.07) is 7.61. The summed E-state index contributed by atoms with van der Waals surface area (Å²) < 4.78 is 5.07. The van der Waals surface area contributed by atoms with Crippen LogP contribution < -0.4 is 10.1 Å². The minimum absolute atomic E-state index is 0. The van der Waals surface area contributed by atoms with E-state index in [-0.39, 0.29) is 24.2 Å². The molecule has 0 unspecified atom stereocenters. The lowest BCUT2D eigenvalue weighted by atomic mass is 9.89. The normalized spacial score (nSPS) is 22.9. The van der Waals surface area contributed by atoms with Crippen LogP contribution in [-0.4, -0.2) is 31.3 Å². The molecule has 0 bridgehead atoms. The highest BCUT2D eigenvalue weighted by Gasteiger charge is 2.33. The number of carbonyl (C=O) groups is 1. The van der Waals surface area contributed by atoms with Gasteiger partial charge in [0.1, 0.15) is 5.75 Å². The maximum absolute atomic E-state index is 11.0. The van der Waals surface area contributed by atoms with E-state index in [4.69, 9.17) is 9.84 Å². The first kappa shape index (κ1) is 13.8. The van der Waals surface area contributed by atoms with Crippen molar-refractivity contribution in [3.05, 3.63) is 29.8 Å². The average Bonchev–Trinajstić information content (AvgIpc) is 2.78. The summed E-state index contributed by atoms with van der Waals surface area (Å²) in [5, 5.41) is 12.2. The van der Waals surface area contributed by atoms with E-state index in [1.165, 1.54) is 0 Å². The SMILES string of the molecule is COc1ccc([C@H]2CNC[C@@H]2C(=O)O)cc1.Cl. The second-order valence-corrected chi connectivity index (χ2v) is 3.98. The van der Waals surface area contributed by atoms with Crippen LogP contribution in [0.1, 0.15) is 11.5 Å². The van der Waals surface area contributed by atoms with Gasteiger partial charge < -0.3 is 15.2 Å². The van der Waals surface area contributed by atoms with Crippen LogP contribution in [0.3, 0.4) is 0 Å². The van der Waals surface area contributed by atoms with E-state index < -0.39 is 5.97 Å². The van der Waals surface area contributed by atoms with Crippen molar-refractivity contribution >= 4 is 18.4 Å². The van der Waals surface area contributed by atoms with E-state index in [2.05, 4.69) is 5.32 Å². The molecule has 0 aliphatic carbocycles. The first-order valence-corrected chi connectivity index (χ1v) is 5.30. The van der Waals surface area contributed by atoms with Crippen molar-refractivity contribution in [3.8, 4) is 5.75 Å². The minimum Gasteiger partial charge on any atom is -0.497 e. The third-order valence-electron chi connectivity index (χ3n) is 3.08. The van der Waals surface area contributed by atoms with Gasteiger partial charge in [-0.15, -0.1) is 12.4 Å². The van der Waals surface area contributed by atoms with Gasteiger partial charge in [-0.2, -0.15) is 0 Å². The maximum Gasteiger partial charge on any atom is 0.308 e. The van der Waals surface area contributed by atoms with Gasteiger partial charge in [-0.1, -0.05) is 12.1 Å². The molecule has 94 valence electrons. The molecule has 1 heterocycles. The van der Waals surface area contributed by atoms with Gasteiger partial charge in [-0.3, -0.25) is 4.79 Å². The molecule has 0 spiro atoms. The molecule has 2 rings (SSSR count). The molecule has 1 fully saturated rings. The number of halogens is 1. The Balaban J connectivity index is 0.00000144. The fourth-order valence-corrected chi connectivity index (χ4v) is 2.14. The Morgan fingerprint density at radius 1 is 1.35 bits per heavy atom. The summed E-state index contributed by atoms with van der Waals surface area (Å²) >= 11 is 0. The zero-order chi connectivity index (χ0) is 11.5. The summed E-state index contributed by atoms with van der Waals surface area (Å²) in [7, 11) is 1.62. The molecule has 1 saturated heterocycles. The molecule has 0 saturated carbocycles. The van der Waals surface area contributed by atoms with Gasteiger partial charge in [0.05, 0.1) is 13.0 Å². The number of nitrogens with one attached hydrogen (secondary N) is 1. The van der Waals surface area contributed by atoms with Crippen LogP contribution in [0.2, 0.25) is 0 Å². The number of rotatable bonds is 3. The summed E-state index contributed by atoms with van der Waals surface area (Å²) in [5.74, 6) is -0.204. The fourth-order valence-electron chi connectivity index (χ4n) is 2.14. The average molecular weight is 258 g/mol. The number of aliphatic carboxylic acids is 1. The molecule has 2 N–H and O–H groups in total. The second-order valence-electron chi connectivity index (χ2n) is 3.98. The van der Waals surface area contributed by atoms with Crippen molar-refractivity contribution in [1.29, 1.82) is 0 Å². The Labute approximate surface area is 106 Å². The molecule has 0 amide bonds. The van der Waals surface area contributed by atoms with E-state index in [0.29, 0.717) is 6.54 Å². The van der Waals surface area contributed by atoms with Crippen LogP contribution in [0.5, 0.6) is 5.75 Å². The molecule has 2 atom stereocenters. The highest BCUT2D eigenvalue weighted by atomic mass is 35.5. The molecule has 1 aliphatic rings. The van der Waals surface area contributed by atoms with Crippen LogP contribution in [0.25, 0.3) is 0 Å². The van der Waals surface area contributed by atoms with Crippen molar-refractivity contribution in [2.45, 2.75) is 5.92 Å². The Hall–Kier alpha value is -1.26. The largest absolute Gasteiger partial charge is 0.497 e. The van der Waals surface area contributed by atoms with Gasteiger partial charge in [0.2, 0.25) is 0 Å². The van der Waals surface area contributed by atoms with Crippen LogP contribution in [0.15, 0.2) is 24.3 Å². The van der Waals surface area contributed by atoms with Crippen LogP contribution in [0.4, 0.5) is 0 Å². The summed E-state index contributed by atoms with van der Waals surface area (Å²) in [5.41, 5.74) is 1.05. The number of benzene rings is 1. The number of methoxy groups -OCH3 is 1. The molecule has 17 heavy (non-hydrogen) atoms.